The van der Waals surface area contributed by atoms with Crippen LogP contribution in [-0.2, 0) is 6.42 Å². The van der Waals surface area contributed by atoms with Gasteiger partial charge >= 0.3 is 0 Å². The number of aliphatic hydroxyl groups excluding tert-OH is 1. The fraction of sp³-hybridized carbons (Fsp3) is 0.455. The van der Waals surface area contributed by atoms with Gasteiger partial charge in [0.05, 0.1) is 12.6 Å². The van der Waals surface area contributed by atoms with E-state index in [0.29, 0.717) is 0 Å². The van der Waals surface area contributed by atoms with Crippen LogP contribution in [0.2, 0.25) is 0 Å². The molecule has 1 aromatic rings. The van der Waals surface area contributed by atoms with Gasteiger partial charge in [0.1, 0.15) is 0 Å². The lowest BCUT2D eigenvalue weighted by molar-refractivity contribution is 0.246. The lowest BCUT2D eigenvalue weighted by Gasteiger charge is -2.15. The van der Waals surface area contributed by atoms with E-state index < -0.39 is 0 Å². The minimum absolute atomic E-state index is 0.138. The van der Waals surface area contributed by atoms with E-state index in [-0.39, 0.29) is 12.6 Å². The fourth-order valence-corrected chi connectivity index (χ4v) is 1.93. The summed E-state index contributed by atoms with van der Waals surface area (Å²) in [5, 5.41) is 12.5. The average Bonchev–Trinajstić information content (AvgIpc) is 2.39. The van der Waals surface area contributed by atoms with Gasteiger partial charge in [-0.1, -0.05) is 24.3 Å². The summed E-state index contributed by atoms with van der Waals surface area (Å²) in [7, 11) is 0. The molecule has 0 radical (unpaired) electrons. The van der Waals surface area contributed by atoms with E-state index in [1.165, 1.54) is 11.1 Å². The van der Waals surface area contributed by atoms with Gasteiger partial charge in [0.25, 0.3) is 0 Å². The molecule has 1 unspecified atom stereocenters. The van der Waals surface area contributed by atoms with Gasteiger partial charge in [0, 0.05) is 0 Å². The van der Waals surface area contributed by atoms with Gasteiger partial charge in [-0.15, -0.1) is 0 Å². The molecular weight excluding hydrogens is 162 g/mol. The Hall–Kier alpha value is -0.860. The van der Waals surface area contributed by atoms with Crippen molar-refractivity contribution in [3.05, 3.63) is 35.4 Å². The van der Waals surface area contributed by atoms with Crippen molar-refractivity contribution in [3.8, 4) is 0 Å². The zero-order valence-electron chi connectivity index (χ0n) is 7.66. The minimum atomic E-state index is 0.138. The molecule has 1 atom stereocenters. The van der Waals surface area contributed by atoms with Gasteiger partial charge in [-0.3, -0.25) is 0 Å². The van der Waals surface area contributed by atoms with Gasteiger partial charge in [-0.2, -0.15) is 0 Å². The van der Waals surface area contributed by atoms with Gasteiger partial charge in [-0.25, -0.2) is 0 Å². The molecular formula is C11H15NO. The summed E-state index contributed by atoms with van der Waals surface area (Å²) >= 11 is 0. The maximum atomic E-state index is 9.20. The zero-order chi connectivity index (χ0) is 9.10. The standard InChI is InChI=1S/C11H15NO/c13-8-11-10-6-2-1-4-9(10)5-3-7-12-11/h1-2,4,6,11-13H,3,5,7-8H2. The topological polar surface area (TPSA) is 32.3 Å². The van der Waals surface area contributed by atoms with Crippen molar-refractivity contribution in [2.45, 2.75) is 18.9 Å². The predicted octanol–water partition coefficient (Wildman–Crippen LogP) is 1.26. The third kappa shape index (κ3) is 1.74. The van der Waals surface area contributed by atoms with E-state index in [1.807, 2.05) is 6.07 Å². The maximum absolute atomic E-state index is 9.20. The summed E-state index contributed by atoms with van der Waals surface area (Å²) in [5.41, 5.74) is 2.65. The molecule has 0 fully saturated rings. The lowest BCUT2D eigenvalue weighted by atomic mass is 10.00. The number of fused-ring (bicyclic) bond motifs is 1. The highest BCUT2D eigenvalue weighted by Crippen LogP contribution is 2.21. The molecule has 0 aromatic heterocycles. The van der Waals surface area contributed by atoms with Crippen LogP contribution in [0.1, 0.15) is 23.6 Å². The molecule has 1 aromatic carbocycles. The Kier molecular flexibility index (Phi) is 2.62. The number of rotatable bonds is 1. The Morgan fingerprint density at radius 3 is 3.08 bits per heavy atom. The second kappa shape index (κ2) is 3.90. The molecule has 2 N–H and O–H groups in total. The summed E-state index contributed by atoms with van der Waals surface area (Å²) in [4.78, 5) is 0. The normalized spacial score (nSPS) is 22.1. The van der Waals surface area contributed by atoms with E-state index in [0.717, 1.165) is 19.4 Å². The predicted molar refractivity (Wildman–Crippen MR) is 52.6 cm³/mol. The SMILES string of the molecule is OCC1NCCCc2ccccc21. The van der Waals surface area contributed by atoms with Crippen molar-refractivity contribution < 1.29 is 5.11 Å². The van der Waals surface area contributed by atoms with Crippen LogP contribution in [0.4, 0.5) is 0 Å². The Bertz CT molecular complexity index is 285. The summed E-state index contributed by atoms with van der Waals surface area (Å²) in [5.74, 6) is 0. The first-order valence-corrected chi connectivity index (χ1v) is 4.84. The summed E-state index contributed by atoms with van der Waals surface area (Å²) in [6.45, 7) is 1.19. The average molecular weight is 177 g/mol. The molecule has 0 saturated heterocycles. The Morgan fingerprint density at radius 1 is 1.38 bits per heavy atom. The van der Waals surface area contributed by atoms with Gasteiger partial charge < -0.3 is 10.4 Å². The molecule has 0 bridgehead atoms. The van der Waals surface area contributed by atoms with Crippen molar-refractivity contribution in [2.75, 3.05) is 13.2 Å². The van der Waals surface area contributed by atoms with Crippen LogP contribution in [0.5, 0.6) is 0 Å². The number of aliphatic hydroxyl groups is 1. The van der Waals surface area contributed by atoms with Crippen LogP contribution in [-0.4, -0.2) is 18.3 Å². The molecule has 0 spiro atoms. The molecule has 2 nitrogen and oxygen atoms in total. The first-order valence-electron chi connectivity index (χ1n) is 4.84. The molecule has 70 valence electrons. The first-order chi connectivity index (χ1) is 6.42. The second-order valence-corrected chi connectivity index (χ2v) is 3.49. The third-order valence-corrected chi connectivity index (χ3v) is 2.63. The van der Waals surface area contributed by atoms with Crippen molar-refractivity contribution in [1.82, 2.24) is 5.32 Å². The van der Waals surface area contributed by atoms with Crippen molar-refractivity contribution in [3.63, 3.8) is 0 Å². The number of benzene rings is 1. The van der Waals surface area contributed by atoms with Crippen LogP contribution in [0.25, 0.3) is 0 Å². The maximum Gasteiger partial charge on any atom is 0.0626 e. The second-order valence-electron chi connectivity index (χ2n) is 3.49. The van der Waals surface area contributed by atoms with Crippen molar-refractivity contribution >= 4 is 0 Å². The molecule has 0 saturated carbocycles. The van der Waals surface area contributed by atoms with Crippen LogP contribution in [0, 0.1) is 0 Å². The number of nitrogens with one attached hydrogen (secondary N) is 1. The fourth-order valence-electron chi connectivity index (χ4n) is 1.93. The van der Waals surface area contributed by atoms with Crippen LogP contribution >= 0.6 is 0 Å². The number of aryl methyl sites for hydroxylation is 1. The number of hydrogen-bond donors (Lipinski definition) is 2. The number of hydrogen-bond acceptors (Lipinski definition) is 2. The van der Waals surface area contributed by atoms with E-state index in [1.54, 1.807) is 0 Å². The molecule has 1 aliphatic heterocycles. The monoisotopic (exact) mass is 177 g/mol. The third-order valence-electron chi connectivity index (χ3n) is 2.63. The molecule has 0 amide bonds. The lowest BCUT2D eigenvalue weighted by Crippen LogP contribution is -2.23. The van der Waals surface area contributed by atoms with Gasteiger partial charge in [-0.05, 0) is 30.5 Å². The first kappa shape index (κ1) is 8.73. The minimum Gasteiger partial charge on any atom is -0.394 e. The highest BCUT2D eigenvalue weighted by molar-refractivity contribution is 5.31. The van der Waals surface area contributed by atoms with Crippen LogP contribution in [0.3, 0.4) is 0 Å². The van der Waals surface area contributed by atoms with Gasteiger partial charge in [0.15, 0.2) is 0 Å². The van der Waals surface area contributed by atoms with Crippen LogP contribution < -0.4 is 5.32 Å². The molecule has 1 heterocycles. The Balaban J connectivity index is 2.35. The largest absolute Gasteiger partial charge is 0.394 e. The van der Waals surface area contributed by atoms with Crippen molar-refractivity contribution in [2.24, 2.45) is 0 Å². The van der Waals surface area contributed by atoms with E-state index >= 15 is 0 Å². The molecule has 13 heavy (non-hydrogen) atoms. The van der Waals surface area contributed by atoms with Crippen molar-refractivity contribution in [1.29, 1.82) is 0 Å². The molecule has 0 aliphatic carbocycles. The van der Waals surface area contributed by atoms with E-state index in [9.17, 15) is 5.11 Å². The highest BCUT2D eigenvalue weighted by Gasteiger charge is 2.15. The summed E-state index contributed by atoms with van der Waals surface area (Å²) in [6, 6.07) is 8.51. The van der Waals surface area contributed by atoms with Crippen LogP contribution in [0.15, 0.2) is 24.3 Å². The van der Waals surface area contributed by atoms with Gasteiger partial charge in [0.2, 0.25) is 0 Å². The van der Waals surface area contributed by atoms with E-state index in [4.69, 9.17) is 0 Å². The summed E-state index contributed by atoms with van der Waals surface area (Å²) < 4.78 is 0. The molecule has 1 aliphatic rings. The molecule has 2 rings (SSSR count). The Morgan fingerprint density at radius 2 is 2.23 bits per heavy atom. The van der Waals surface area contributed by atoms with E-state index in [2.05, 4.69) is 23.5 Å². The quantitative estimate of drug-likeness (QED) is 0.676. The highest BCUT2D eigenvalue weighted by atomic mass is 16.3. The summed E-state index contributed by atoms with van der Waals surface area (Å²) in [6.07, 6.45) is 2.28. The Labute approximate surface area is 78.6 Å². The zero-order valence-corrected chi connectivity index (χ0v) is 7.66. The smallest absolute Gasteiger partial charge is 0.0626 e. The molecule has 2 heteroatoms.